The normalized spacial score (nSPS) is 16.5. The Morgan fingerprint density at radius 3 is 2.13 bits per heavy atom. The van der Waals surface area contributed by atoms with Gasteiger partial charge in [-0.2, -0.15) is 0 Å². The van der Waals surface area contributed by atoms with E-state index in [1.807, 2.05) is 36.4 Å². The van der Waals surface area contributed by atoms with Crippen LogP contribution in [-0.4, -0.2) is 41.8 Å². The van der Waals surface area contributed by atoms with Gasteiger partial charge in [0.25, 0.3) is 0 Å². The summed E-state index contributed by atoms with van der Waals surface area (Å²) >= 11 is 0. The number of ether oxygens (including phenoxy) is 1. The number of carbonyl (C=O) groups is 3. The summed E-state index contributed by atoms with van der Waals surface area (Å²) in [4.78, 5) is 35.8. The van der Waals surface area contributed by atoms with E-state index in [1.54, 1.807) is 6.92 Å². The van der Waals surface area contributed by atoms with Gasteiger partial charge in [-0.15, -0.1) is 0 Å². The molecule has 2 aliphatic rings. The molecule has 1 unspecified atom stereocenters. The first-order valence-corrected chi connectivity index (χ1v) is 10.6. The van der Waals surface area contributed by atoms with Gasteiger partial charge in [-0.1, -0.05) is 48.5 Å². The number of carboxylic acid groups (broad SMARTS) is 1. The number of carbonyl (C=O) groups excluding carboxylic acids is 2. The topological polar surface area (TPSA) is 105 Å². The van der Waals surface area contributed by atoms with Gasteiger partial charge in [-0.3, -0.25) is 9.59 Å². The van der Waals surface area contributed by atoms with Crippen LogP contribution in [0, 0.1) is 5.92 Å². The van der Waals surface area contributed by atoms with Gasteiger partial charge in [0.15, 0.2) is 0 Å². The Kier molecular flexibility index (Phi) is 5.93. The fourth-order valence-electron chi connectivity index (χ4n) is 4.21. The molecule has 4 rings (SSSR count). The molecule has 3 N–H and O–H groups in total. The molecular weight excluding hydrogens is 396 g/mol. The van der Waals surface area contributed by atoms with Crippen molar-refractivity contribution in [3.05, 3.63) is 59.7 Å². The van der Waals surface area contributed by atoms with E-state index in [0.717, 1.165) is 35.1 Å². The van der Waals surface area contributed by atoms with Gasteiger partial charge < -0.3 is 20.5 Å². The molecule has 2 aromatic carbocycles. The standard InChI is InChI=1S/C24H26N2O5/c1-14(23(29)26-21(12-22(27)28)15-10-11-15)25-24(30)31-13-20-18-8-4-2-6-16(18)17-7-3-5-9-19(17)20/h2-9,14-15,20-21H,10-13H2,1H3,(H,25,30)(H,26,29)(H,27,28)/t14-,21?/m1/s1. The predicted octanol–water partition coefficient (Wildman–Crippen LogP) is 3.28. The first-order valence-electron chi connectivity index (χ1n) is 10.6. The van der Waals surface area contributed by atoms with E-state index in [9.17, 15) is 14.4 Å². The van der Waals surface area contributed by atoms with Crippen LogP contribution in [0.5, 0.6) is 0 Å². The van der Waals surface area contributed by atoms with Crippen LogP contribution in [-0.2, 0) is 14.3 Å². The molecule has 2 aromatic rings. The number of hydrogen-bond acceptors (Lipinski definition) is 4. The number of rotatable bonds is 8. The van der Waals surface area contributed by atoms with Crippen LogP contribution in [0.3, 0.4) is 0 Å². The van der Waals surface area contributed by atoms with Gasteiger partial charge in [-0.05, 0) is 47.9 Å². The van der Waals surface area contributed by atoms with E-state index in [2.05, 4.69) is 22.8 Å². The fourth-order valence-corrected chi connectivity index (χ4v) is 4.21. The van der Waals surface area contributed by atoms with Crippen molar-refractivity contribution in [3.8, 4) is 11.1 Å². The average molecular weight is 422 g/mol. The van der Waals surface area contributed by atoms with Crippen LogP contribution in [0.1, 0.15) is 43.2 Å². The van der Waals surface area contributed by atoms with Crippen LogP contribution in [0.25, 0.3) is 11.1 Å². The molecule has 2 atom stereocenters. The Bertz CT molecular complexity index is 955. The van der Waals surface area contributed by atoms with E-state index in [-0.39, 0.29) is 24.9 Å². The summed E-state index contributed by atoms with van der Waals surface area (Å²) in [6, 6.07) is 14.9. The minimum atomic E-state index is -0.950. The second kappa shape index (κ2) is 8.79. The Morgan fingerprint density at radius 2 is 1.58 bits per heavy atom. The minimum Gasteiger partial charge on any atom is -0.481 e. The maximum atomic E-state index is 12.4. The monoisotopic (exact) mass is 422 g/mol. The van der Waals surface area contributed by atoms with E-state index in [4.69, 9.17) is 9.84 Å². The first-order chi connectivity index (χ1) is 14.9. The van der Waals surface area contributed by atoms with Crippen molar-refractivity contribution in [3.63, 3.8) is 0 Å². The van der Waals surface area contributed by atoms with Gasteiger partial charge >= 0.3 is 12.1 Å². The molecule has 7 nitrogen and oxygen atoms in total. The Balaban J connectivity index is 1.33. The number of benzene rings is 2. The van der Waals surface area contributed by atoms with Gasteiger partial charge in [0.2, 0.25) is 5.91 Å². The summed E-state index contributed by atoms with van der Waals surface area (Å²) < 4.78 is 5.47. The van der Waals surface area contributed by atoms with Crippen LogP contribution in [0.4, 0.5) is 4.79 Å². The number of nitrogens with one attached hydrogen (secondary N) is 2. The molecule has 31 heavy (non-hydrogen) atoms. The molecule has 2 amide bonds. The van der Waals surface area contributed by atoms with Crippen molar-refractivity contribution in [1.82, 2.24) is 10.6 Å². The molecule has 0 heterocycles. The zero-order valence-corrected chi connectivity index (χ0v) is 17.3. The molecule has 0 aromatic heterocycles. The second-order valence-electron chi connectivity index (χ2n) is 8.24. The number of alkyl carbamates (subject to hydrolysis) is 1. The van der Waals surface area contributed by atoms with Crippen LogP contribution >= 0.6 is 0 Å². The third-order valence-electron chi connectivity index (χ3n) is 5.98. The number of fused-ring (bicyclic) bond motifs is 3. The average Bonchev–Trinajstić information content (AvgIpc) is 3.54. The largest absolute Gasteiger partial charge is 0.481 e. The first kappa shape index (κ1) is 20.9. The van der Waals surface area contributed by atoms with E-state index in [0.29, 0.717) is 0 Å². The quantitative estimate of drug-likeness (QED) is 0.606. The smallest absolute Gasteiger partial charge is 0.407 e. The maximum absolute atomic E-state index is 12.4. The van der Waals surface area contributed by atoms with Crippen molar-refractivity contribution in [2.24, 2.45) is 5.92 Å². The number of aliphatic carboxylic acids is 1. The molecule has 1 fully saturated rings. The van der Waals surface area contributed by atoms with Crippen LogP contribution < -0.4 is 10.6 Å². The SMILES string of the molecule is C[C@@H](NC(=O)OCC1c2ccccc2-c2ccccc21)C(=O)NC(CC(=O)O)C1CC1. The van der Waals surface area contributed by atoms with Crippen molar-refractivity contribution < 1.29 is 24.2 Å². The highest BCUT2D eigenvalue weighted by Crippen LogP contribution is 2.44. The third kappa shape index (κ3) is 4.71. The van der Waals surface area contributed by atoms with Crippen molar-refractivity contribution in [2.75, 3.05) is 6.61 Å². The number of hydrogen-bond donors (Lipinski definition) is 3. The number of amides is 2. The van der Waals surface area contributed by atoms with Crippen molar-refractivity contribution >= 4 is 18.0 Å². The van der Waals surface area contributed by atoms with Crippen LogP contribution in [0.2, 0.25) is 0 Å². The summed E-state index contributed by atoms with van der Waals surface area (Å²) in [5.74, 6) is -1.22. The number of carboxylic acids is 1. The predicted molar refractivity (Wildman–Crippen MR) is 115 cm³/mol. The molecule has 0 spiro atoms. The van der Waals surface area contributed by atoms with E-state index in [1.165, 1.54) is 0 Å². The molecule has 0 saturated heterocycles. The zero-order chi connectivity index (χ0) is 22.0. The van der Waals surface area contributed by atoms with Crippen molar-refractivity contribution in [2.45, 2.75) is 44.2 Å². The lowest BCUT2D eigenvalue weighted by molar-refractivity contribution is -0.138. The Morgan fingerprint density at radius 1 is 1.00 bits per heavy atom. The lowest BCUT2D eigenvalue weighted by atomic mass is 9.98. The molecule has 7 heteroatoms. The van der Waals surface area contributed by atoms with Crippen molar-refractivity contribution in [1.29, 1.82) is 0 Å². The molecule has 162 valence electrons. The maximum Gasteiger partial charge on any atom is 0.407 e. The minimum absolute atomic E-state index is 0.0582. The summed E-state index contributed by atoms with van der Waals surface area (Å²) in [6.45, 7) is 1.72. The van der Waals surface area contributed by atoms with Gasteiger partial charge in [0.1, 0.15) is 12.6 Å². The van der Waals surface area contributed by atoms with Gasteiger partial charge in [0.05, 0.1) is 6.42 Å². The Labute approximate surface area is 180 Å². The molecule has 2 aliphatic carbocycles. The van der Waals surface area contributed by atoms with Gasteiger partial charge in [0, 0.05) is 12.0 Å². The summed E-state index contributed by atoms with van der Waals surface area (Å²) in [5, 5.41) is 14.3. The highest BCUT2D eigenvalue weighted by Gasteiger charge is 2.35. The highest BCUT2D eigenvalue weighted by molar-refractivity contribution is 5.86. The summed E-state index contributed by atoms with van der Waals surface area (Å²) in [5.41, 5.74) is 4.51. The fraction of sp³-hybridized carbons (Fsp3) is 0.375. The molecule has 0 radical (unpaired) electrons. The molecule has 1 saturated carbocycles. The summed E-state index contributed by atoms with van der Waals surface area (Å²) in [6.07, 6.45) is 1.03. The second-order valence-corrected chi connectivity index (χ2v) is 8.24. The third-order valence-corrected chi connectivity index (χ3v) is 5.98. The lowest BCUT2D eigenvalue weighted by Gasteiger charge is -2.20. The highest BCUT2D eigenvalue weighted by atomic mass is 16.5. The Hall–Kier alpha value is -3.35. The lowest BCUT2D eigenvalue weighted by Crippen LogP contribution is -2.49. The molecule has 0 bridgehead atoms. The summed E-state index contributed by atoms with van der Waals surface area (Å²) in [7, 11) is 0. The molecular formula is C24H26N2O5. The zero-order valence-electron chi connectivity index (χ0n) is 17.3. The van der Waals surface area contributed by atoms with E-state index < -0.39 is 30.1 Å². The van der Waals surface area contributed by atoms with Gasteiger partial charge in [-0.25, -0.2) is 4.79 Å². The van der Waals surface area contributed by atoms with Crippen LogP contribution in [0.15, 0.2) is 48.5 Å². The molecule has 0 aliphatic heterocycles. The van der Waals surface area contributed by atoms with E-state index >= 15 is 0 Å².